The minimum atomic E-state index is -0.120. The molecule has 1 aliphatic heterocycles. The molecule has 0 fully saturated rings. The number of nitrogens with zero attached hydrogens (tertiary/aromatic N) is 2. The van der Waals surface area contributed by atoms with E-state index in [-0.39, 0.29) is 11.5 Å². The number of aryl methyl sites for hydroxylation is 1. The Hall–Kier alpha value is -3.82. The van der Waals surface area contributed by atoms with Gasteiger partial charge in [0.15, 0.2) is 0 Å². The molecule has 3 heteroatoms. The summed E-state index contributed by atoms with van der Waals surface area (Å²) in [5.41, 5.74) is 10.6. The molecule has 2 nitrogen and oxygen atoms in total. The molecule has 2 heterocycles. The monoisotopic (exact) mass is 582 g/mol. The zero-order valence-corrected chi connectivity index (χ0v) is 24.2. The van der Waals surface area contributed by atoms with E-state index >= 15 is 0 Å². The number of aromatic nitrogens is 1. The van der Waals surface area contributed by atoms with E-state index < -0.39 is 0 Å². The lowest BCUT2D eigenvalue weighted by Crippen LogP contribution is -2.39. The predicted octanol–water partition coefficient (Wildman–Crippen LogP) is 9.81. The summed E-state index contributed by atoms with van der Waals surface area (Å²) < 4.78 is 3.72. The molecule has 3 atom stereocenters. The van der Waals surface area contributed by atoms with Gasteiger partial charge < -0.3 is 9.47 Å². The average Bonchev–Trinajstić information content (AvgIpc) is 3.46. The molecule has 0 saturated carbocycles. The van der Waals surface area contributed by atoms with Gasteiger partial charge in [0.1, 0.15) is 0 Å². The Bertz CT molecular complexity index is 1820. The van der Waals surface area contributed by atoms with Gasteiger partial charge in [0.2, 0.25) is 0 Å². The summed E-state index contributed by atoms with van der Waals surface area (Å²) in [4.78, 5) is 2.51. The molecular weight excluding hydrogens is 552 g/mol. The van der Waals surface area contributed by atoms with E-state index in [0.717, 1.165) is 23.7 Å². The lowest BCUT2D eigenvalue weighted by atomic mass is 9.73. The van der Waals surface area contributed by atoms with E-state index in [1.54, 1.807) is 0 Å². The third kappa shape index (κ3) is 3.53. The zero-order chi connectivity index (χ0) is 26.8. The normalized spacial score (nSPS) is 24.5. The van der Waals surface area contributed by atoms with Crippen LogP contribution in [0.5, 0.6) is 0 Å². The van der Waals surface area contributed by atoms with Crippen LogP contribution in [0.15, 0.2) is 120 Å². The van der Waals surface area contributed by atoms with Gasteiger partial charge in [0.25, 0.3) is 0 Å². The van der Waals surface area contributed by atoms with Crippen LogP contribution in [-0.4, -0.2) is 10.6 Å². The smallest absolute Gasteiger partial charge is 0.0655 e. The number of para-hydroxylation sites is 2. The standard InChI is InChI=1S/C37H31BrN2/c1-37-24-26(19-21-36(37)40(28-11-3-2-4-12-28)35-17-8-6-15-32(35)37)25-18-20-34-31(22-25)30-14-5-7-16-33(30)39(34)29-13-9-10-27(38)23-29/h2-4,6-12,15-24,29,36H,5,13-14H2,1H3. The van der Waals surface area contributed by atoms with Crippen LogP contribution in [0.3, 0.4) is 0 Å². The molecular formula is C37H31BrN2. The van der Waals surface area contributed by atoms with Crippen molar-refractivity contribution in [2.75, 3.05) is 4.90 Å². The Balaban J connectivity index is 1.25. The summed E-state index contributed by atoms with van der Waals surface area (Å²) in [5, 5.41) is 1.40. The molecule has 0 saturated heterocycles. The van der Waals surface area contributed by atoms with Crippen molar-refractivity contribution >= 4 is 49.9 Å². The molecule has 4 aliphatic rings. The van der Waals surface area contributed by atoms with Crippen LogP contribution in [0.4, 0.5) is 11.4 Å². The van der Waals surface area contributed by atoms with Crippen molar-refractivity contribution in [2.45, 2.75) is 43.7 Å². The Morgan fingerprint density at radius 1 is 0.900 bits per heavy atom. The lowest BCUT2D eigenvalue weighted by molar-refractivity contribution is 0.553. The predicted molar refractivity (Wildman–Crippen MR) is 172 cm³/mol. The van der Waals surface area contributed by atoms with Crippen LogP contribution in [0.1, 0.15) is 48.2 Å². The molecule has 4 aromatic rings. The van der Waals surface area contributed by atoms with Crippen molar-refractivity contribution in [1.29, 1.82) is 0 Å². The van der Waals surface area contributed by atoms with Crippen LogP contribution in [0.2, 0.25) is 0 Å². The molecule has 3 aromatic carbocycles. The maximum absolute atomic E-state index is 3.72. The molecule has 0 spiro atoms. The fourth-order valence-corrected chi connectivity index (χ4v) is 7.90. The first-order valence-corrected chi connectivity index (χ1v) is 15.1. The SMILES string of the molecule is CC12C=C(c3ccc4c(c3)c3c(n4C4C=C(Br)C=CC4)C=CCC3)C=CC1N(c1ccccc1)c1ccccc12. The summed E-state index contributed by atoms with van der Waals surface area (Å²) in [6.07, 6.45) is 22.0. The van der Waals surface area contributed by atoms with Crippen LogP contribution in [-0.2, 0) is 11.8 Å². The molecule has 1 aromatic heterocycles. The Morgan fingerprint density at radius 3 is 2.62 bits per heavy atom. The number of hydrogen-bond acceptors (Lipinski definition) is 1. The van der Waals surface area contributed by atoms with E-state index in [1.165, 1.54) is 50.2 Å². The van der Waals surface area contributed by atoms with Crippen LogP contribution in [0, 0.1) is 0 Å². The first-order valence-electron chi connectivity index (χ1n) is 14.3. The van der Waals surface area contributed by atoms with Gasteiger partial charge in [0, 0.05) is 37.9 Å². The van der Waals surface area contributed by atoms with Gasteiger partial charge in [-0.25, -0.2) is 0 Å². The van der Waals surface area contributed by atoms with Gasteiger partial charge >= 0.3 is 0 Å². The van der Waals surface area contributed by atoms with Crippen molar-refractivity contribution in [3.63, 3.8) is 0 Å². The summed E-state index contributed by atoms with van der Waals surface area (Å²) in [6, 6.07) is 27.5. The number of halogens is 1. The van der Waals surface area contributed by atoms with E-state index in [0.29, 0.717) is 6.04 Å². The van der Waals surface area contributed by atoms with E-state index in [4.69, 9.17) is 0 Å². The van der Waals surface area contributed by atoms with Gasteiger partial charge in [0.05, 0.1) is 12.1 Å². The highest BCUT2D eigenvalue weighted by atomic mass is 79.9. The Labute approximate surface area is 244 Å². The van der Waals surface area contributed by atoms with Crippen LogP contribution >= 0.6 is 15.9 Å². The molecule has 0 radical (unpaired) electrons. The quantitative estimate of drug-likeness (QED) is 0.233. The van der Waals surface area contributed by atoms with Gasteiger partial charge in [-0.2, -0.15) is 0 Å². The second kappa shape index (κ2) is 9.11. The topological polar surface area (TPSA) is 8.17 Å². The van der Waals surface area contributed by atoms with Crippen molar-refractivity contribution in [1.82, 2.24) is 4.57 Å². The van der Waals surface area contributed by atoms with Crippen molar-refractivity contribution < 1.29 is 0 Å². The molecule has 196 valence electrons. The highest BCUT2D eigenvalue weighted by molar-refractivity contribution is 9.11. The summed E-state index contributed by atoms with van der Waals surface area (Å²) in [5.74, 6) is 0. The largest absolute Gasteiger partial charge is 0.333 e. The highest BCUT2D eigenvalue weighted by Crippen LogP contribution is 2.52. The van der Waals surface area contributed by atoms with Crippen molar-refractivity contribution in [3.8, 4) is 0 Å². The number of anilines is 2. The lowest BCUT2D eigenvalue weighted by Gasteiger charge is -2.36. The molecule has 40 heavy (non-hydrogen) atoms. The highest BCUT2D eigenvalue weighted by Gasteiger charge is 2.47. The molecule has 3 aliphatic carbocycles. The van der Waals surface area contributed by atoms with Crippen molar-refractivity contribution in [2.24, 2.45) is 0 Å². The number of fused-ring (bicyclic) bond motifs is 6. The molecule has 3 unspecified atom stereocenters. The Kier molecular flexibility index (Phi) is 5.47. The summed E-state index contributed by atoms with van der Waals surface area (Å²) in [6.45, 7) is 2.41. The number of allylic oxidation sites excluding steroid dienone is 7. The number of rotatable bonds is 3. The fraction of sp³-hybridized carbons (Fsp3) is 0.189. The van der Waals surface area contributed by atoms with E-state index in [2.05, 4.69) is 154 Å². The van der Waals surface area contributed by atoms with E-state index in [9.17, 15) is 0 Å². The van der Waals surface area contributed by atoms with Gasteiger partial charge in [-0.15, -0.1) is 0 Å². The van der Waals surface area contributed by atoms with E-state index in [1.807, 2.05) is 0 Å². The number of benzene rings is 3. The molecule has 0 bridgehead atoms. The third-order valence-electron chi connectivity index (χ3n) is 9.24. The zero-order valence-electron chi connectivity index (χ0n) is 22.6. The molecule has 0 N–H and O–H groups in total. The average molecular weight is 584 g/mol. The Morgan fingerprint density at radius 2 is 1.75 bits per heavy atom. The van der Waals surface area contributed by atoms with Gasteiger partial charge in [-0.05, 0) is 90.9 Å². The second-order valence-electron chi connectivity index (χ2n) is 11.6. The maximum Gasteiger partial charge on any atom is 0.0655 e. The summed E-state index contributed by atoms with van der Waals surface area (Å²) >= 11 is 3.72. The van der Waals surface area contributed by atoms with Gasteiger partial charge in [-0.3, -0.25) is 0 Å². The molecule has 8 rings (SSSR count). The minimum absolute atomic E-state index is 0.120. The third-order valence-corrected chi connectivity index (χ3v) is 9.77. The maximum atomic E-state index is 3.72. The summed E-state index contributed by atoms with van der Waals surface area (Å²) in [7, 11) is 0. The second-order valence-corrected chi connectivity index (χ2v) is 12.5. The van der Waals surface area contributed by atoms with Crippen molar-refractivity contribution in [3.05, 3.63) is 142 Å². The first-order chi connectivity index (χ1) is 19.6. The fourth-order valence-electron chi connectivity index (χ4n) is 7.41. The van der Waals surface area contributed by atoms with Crippen LogP contribution in [0.25, 0.3) is 22.6 Å². The first kappa shape index (κ1) is 24.0. The molecule has 0 amide bonds. The van der Waals surface area contributed by atoms with Gasteiger partial charge in [-0.1, -0.05) is 94.9 Å². The number of hydrogen-bond donors (Lipinski definition) is 0. The van der Waals surface area contributed by atoms with Crippen LogP contribution < -0.4 is 4.90 Å². The minimum Gasteiger partial charge on any atom is -0.333 e.